The highest BCUT2D eigenvalue weighted by Gasteiger charge is 2.12. The van der Waals surface area contributed by atoms with Gasteiger partial charge in [0.1, 0.15) is 0 Å². The molecule has 66 valence electrons. The van der Waals surface area contributed by atoms with Crippen molar-refractivity contribution in [3.8, 4) is 0 Å². The first-order valence-electron chi connectivity index (χ1n) is 3.85. The van der Waals surface area contributed by atoms with Gasteiger partial charge in [-0.2, -0.15) is 12.6 Å². The molecule has 11 heavy (non-hydrogen) atoms. The van der Waals surface area contributed by atoms with Gasteiger partial charge in [0.15, 0.2) is 0 Å². The van der Waals surface area contributed by atoms with E-state index in [0.29, 0.717) is 18.3 Å². The molecular formula is C8H16O2S. The quantitative estimate of drug-likeness (QED) is 0.522. The van der Waals surface area contributed by atoms with Crippen molar-refractivity contribution < 1.29 is 9.53 Å². The van der Waals surface area contributed by atoms with Gasteiger partial charge in [-0.3, -0.25) is 4.79 Å². The Bertz CT molecular complexity index is 123. The first-order valence-corrected chi connectivity index (χ1v) is 4.48. The van der Waals surface area contributed by atoms with E-state index >= 15 is 0 Å². The summed E-state index contributed by atoms with van der Waals surface area (Å²) in [5.41, 5.74) is 0. The van der Waals surface area contributed by atoms with Crippen LogP contribution < -0.4 is 0 Å². The standard InChI is InChI=1S/C8H16O2S/c1-6(2)4-10-8(9)7(3)5-11/h6-7,11H,4-5H2,1-3H3. The molecule has 2 nitrogen and oxygen atoms in total. The zero-order chi connectivity index (χ0) is 8.85. The highest BCUT2D eigenvalue weighted by Crippen LogP contribution is 2.02. The van der Waals surface area contributed by atoms with Crippen molar-refractivity contribution in [1.82, 2.24) is 0 Å². The van der Waals surface area contributed by atoms with Gasteiger partial charge in [0.25, 0.3) is 0 Å². The summed E-state index contributed by atoms with van der Waals surface area (Å²) in [6.07, 6.45) is 0. The van der Waals surface area contributed by atoms with Crippen LogP contribution in [0.15, 0.2) is 0 Å². The molecular weight excluding hydrogens is 160 g/mol. The van der Waals surface area contributed by atoms with Gasteiger partial charge in [-0.05, 0) is 5.92 Å². The Labute approximate surface area is 73.7 Å². The Morgan fingerprint density at radius 2 is 2.00 bits per heavy atom. The number of ether oxygens (including phenoxy) is 1. The summed E-state index contributed by atoms with van der Waals surface area (Å²) < 4.78 is 4.97. The Hall–Kier alpha value is -0.180. The summed E-state index contributed by atoms with van der Waals surface area (Å²) in [7, 11) is 0. The molecule has 0 aromatic carbocycles. The summed E-state index contributed by atoms with van der Waals surface area (Å²) in [5.74, 6) is 0.730. The van der Waals surface area contributed by atoms with Gasteiger partial charge in [-0.25, -0.2) is 0 Å². The molecule has 0 spiro atoms. The van der Waals surface area contributed by atoms with Gasteiger partial charge in [-0.15, -0.1) is 0 Å². The molecule has 0 aromatic rings. The monoisotopic (exact) mass is 176 g/mol. The molecule has 0 radical (unpaired) electrons. The number of rotatable bonds is 4. The molecule has 1 atom stereocenters. The lowest BCUT2D eigenvalue weighted by atomic mass is 10.2. The summed E-state index contributed by atoms with van der Waals surface area (Å²) in [6.45, 7) is 6.35. The molecule has 1 unspecified atom stereocenters. The molecule has 0 bridgehead atoms. The third-order valence-electron chi connectivity index (χ3n) is 1.24. The number of hydrogen-bond acceptors (Lipinski definition) is 3. The molecule has 0 saturated carbocycles. The normalized spacial score (nSPS) is 13.2. The summed E-state index contributed by atoms with van der Waals surface area (Å²) in [4.78, 5) is 11.0. The fourth-order valence-electron chi connectivity index (χ4n) is 0.466. The fourth-order valence-corrected chi connectivity index (χ4v) is 0.615. The maximum atomic E-state index is 11.0. The van der Waals surface area contributed by atoms with Crippen LogP contribution in [0.5, 0.6) is 0 Å². The van der Waals surface area contributed by atoms with Crippen molar-refractivity contribution >= 4 is 18.6 Å². The average molecular weight is 176 g/mol. The number of esters is 1. The zero-order valence-corrected chi connectivity index (χ0v) is 8.23. The molecule has 0 N–H and O–H groups in total. The SMILES string of the molecule is CC(C)COC(=O)C(C)CS. The van der Waals surface area contributed by atoms with Crippen molar-refractivity contribution in [2.75, 3.05) is 12.4 Å². The Morgan fingerprint density at radius 3 is 2.36 bits per heavy atom. The summed E-state index contributed by atoms with van der Waals surface area (Å²) in [5, 5.41) is 0. The number of hydrogen-bond donors (Lipinski definition) is 1. The summed E-state index contributed by atoms with van der Waals surface area (Å²) >= 11 is 4.00. The van der Waals surface area contributed by atoms with Gasteiger partial charge >= 0.3 is 5.97 Å². The van der Waals surface area contributed by atoms with Crippen LogP contribution in [0.1, 0.15) is 20.8 Å². The lowest BCUT2D eigenvalue weighted by Gasteiger charge is -2.10. The molecule has 0 aliphatic heterocycles. The topological polar surface area (TPSA) is 26.3 Å². The second-order valence-corrected chi connectivity index (χ2v) is 3.47. The van der Waals surface area contributed by atoms with Crippen molar-refractivity contribution in [1.29, 1.82) is 0 Å². The molecule has 0 aliphatic rings. The van der Waals surface area contributed by atoms with E-state index in [1.54, 1.807) is 0 Å². The van der Waals surface area contributed by atoms with Crippen molar-refractivity contribution in [3.05, 3.63) is 0 Å². The van der Waals surface area contributed by atoms with Crippen LogP contribution in [0.3, 0.4) is 0 Å². The maximum absolute atomic E-state index is 11.0. The molecule has 0 heterocycles. The maximum Gasteiger partial charge on any atom is 0.309 e. The Morgan fingerprint density at radius 1 is 1.45 bits per heavy atom. The van der Waals surface area contributed by atoms with Crippen LogP contribution in [-0.2, 0) is 9.53 Å². The average Bonchev–Trinajstić information content (AvgIpc) is 1.98. The minimum absolute atomic E-state index is 0.0860. The third kappa shape index (κ3) is 5.13. The van der Waals surface area contributed by atoms with Crippen LogP contribution in [0, 0.1) is 11.8 Å². The lowest BCUT2D eigenvalue weighted by Crippen LogP contribution is -2.18. The molecule has 0 saturated heterocycles. The smallest absolute Gasteiger partial charge is 0.309 e. The fraction of sp³-hybridized carbons (Fsp3) is 0.875. The Kier molecular flexibility index (Phi) is 5.38. The molecule has 0 aromatic heterocycles. The molecule has 0 rings (SSSR count). The van der Waals surface area contributed by atoms with E-state index < -0.39 is 0 Å². The van der Waals surface area contributed by atoms with E-state index in [0.717, 1.165) is 0 Å². The van der Waals surface area contributed by atoms with Gasteiger partial charge in [0.2, 0.25) is 0 Å². The van der Waals surface area contributed by atoms with Gasteiger partial charge < -0.3 is 4.74 Å². The van der Waals surface area contributed by atoms with E-state index in [-0.39, 0.29) is 11.9 Å². The van der Waals surface area contributed by atoms with E-state index in [1.807, 2.05) is 20.8 Å². The molecule has 0 amide bonds. The van der Waals surface area contributed by atoms with Crippen LogP contribution in [0.25, 0.3) is 0 Å². The number of thiol groups is 1. The minimum atomic E-state index is -0.145. The highest BCUT2D eigenvalue weighted by atomic mass is 32.1. The predicted octanol–water partition coefficient (Wildman–Crippen LogP) is 1.75. The Balaban J connectivity index is 3.52. The van der Waals surface area contributed by atoms with Crippen LogP contribution >= 0.6 is 12.6 Å². The minimum Gasteiger partial charge on any atom is -0.465 e. The first-order chi connectivity index (χ1) is 5.07. The largest absolute Gasteiger partial charge is 0.465 e. The predicted molar refractivity (Wildman–Crippen MR) is 48.8 cm³/mol. The third-order valence-corrected chi connectivity index (χ3v) is 1.78. The van der Waals surface area contributed by atoms with Crippen LogP contribution in [-0.4, -0.2) is 18.3 Å². The molecule has 0 fully saturated rings. The van der Waals surface area contributed by atoms with Gasteiger partial charge in [0, 0.05) is 5.75 Å². The second kappa shape index (κ2) is 5.47. The van der Waals surface area contributed by atoms with E-state index in [2.05, 4.69) is 12.6 Å². The first kappa shape index (κ1) is 10.8. The van der Waals surface area contributed by atoms with E-state index in [9.17, 15) is 4.79 Å². The second-order valence-electron chi connectivity index (χ2n) is 3.11. The lowest BCUT2D eigenvalue weighted by molar-refractivity contribution is -0.148. The van der Waals surface area contributed by atoms with Crippen LogP contribution in [0.2, 0.25) is 0 Å². The van der Waals surface area contributed by atoms with Crippen molar-refractivity contribution in [3.63, 3.8) is 0 Å². The number of carbonyl (C=O) groups is 1. The van der Waals surface area contributed by atoms with E-state index in [4.69, 9.17) is 4.74 Å². The van der Waals surface area contributed by atoms with Crippen LogP contribution in [0.4, 0.5) is 0 Å². The zero-order valence-electron chi connectivity index (χ0n) is 7.33. The van der Waals surface area contributed by atoms with Crippen molar-refractivity contribution in [2.45, 2.75) is 20.8 Å². The summed E-state index contributed by atoms with van der Waals surface area (Å²) in [6, 6.07) is 0. The van der Waals surface area contributed by atoms with Gasteiger partial charge in [0.05, 0.1) is 12.5 Å². The van der Waals surface area contributed by atoms with Gasteiger partial charge in [-0.1, -0.05) is 20.8 Å². The van der Waals surface area contributed by atoms with Crippen molar-refractivity contribution in [2.24, 2.45) is 11.8 Å². The highest BCUT2D eigenvalue weighted by molar-refractivity contribution is 7.80. The molecule has 3 heteroatoms. The van der Waals surface area contributed by atoms with E-state index in [1.165, 1.54) is 0 Å². The molecule has 0 aliphatic carbocycles. The number of carbonyl (C=O) groups excluding carboxylic acids is 1.